The fraction of sp³-hybridized carbons (Fsp3) is 0.429. The number of hydrogen-bond acceptors (Lipinski definition) is 6. The van der Waals surface area contributed by atoms with Gasteiger partial charge in [0.2, 0.25) is 11.7 Å². The standard InChI is InChI=1S/C14H18ClN3O3/c1-7(2)11(16)14-17-13(18-21-14)8-5-9(15)12(20-4)10(6-8)19-3/h5-7,11H,16H2,1-4H3. The normalized spacial score (nSPS) is 12.5. The molecule has 2 rings (SSSR count). The lowest BCUT2D eigenvalue weighted by atomic mass is 10.1. The summed E-state index contributed by atoms with van der Waals surface area (Å²) in [5.41, 5.74) is 6.66. The van der Waals surface area contributed by atoms with Gasteiger partial charge in [-0.3, -0.25) is 0 Å². The summed E-state index contributed by atoms with van der Waals surface area (Å²) < 4.78 is 15.7. The highest BCUT2D eigenvalue weighted by atomic mass is 35.5. The molecule has 0 aliphatic rings. The van der Waals surface area contributed by atoms with Crippen molar-refractivity contribution < 1.29 is 14.0 Å². The van der Waals surface area contributed by atoms with Crippen LogP contribution in [0.2, 0.25) is 5.02 Å². The van der Waals surface area contributed by atoms with E-state index in [1.807, 2.05) is 13.8 Å². The van der Waals surface area contributed by atoms with Gasteiger partial charge in [0.05, 0.1) is 25.3 Å². The molecule has 114 valence electrons. The summed E-state index contributed by atoms with van der Waals surface area (Å²) in [5.74, 6) is 1.96. The molecule has 0 spiro atoms. The lowest BCUT2D eigenvalue weighted by molar-refractivity contribution is 0.325. The minimum atomic E-state index is -0.304. The molecule has 1 unspecified atom stereocenters. The zero-order valence-electron chi connectivity index (χ0n) is 12.4. The Bertz CT molecular complexity index is 628. The van der Waals surface area contributed by atoms with Gasteiger partial charge in [0.1, 0.15) is 0 Å². The van der Waals surface area contributed by atoms with Crippen molar-refractivity contribution in [2.75, 3.05) is 14.2 Å². The highest BCUT2D eigenvalue weighted by Crippen LogP contribution is 2.38. The monoisotopic (exact) mass is 311 g/mol. The lowest BCUT2D eigenvalue weighted by Gasteiger charge is -2.10. The number of halogens is 1. The molecule has 2 N–H and O–H groups in total. The highest BCUT2D eigenvalue weighted by molar-refractivity contribution is 6.32. The summed E-state index contributed by atoms with van der Waals surface area (Å²) in [6.45, 7) is 3.98. The van der Waals surface area contributed by atoms with Crippen molar-refractivity contribution in [1.82, 2.24) is 10.1 Å². The van der Waals surface area contributed by atoms with Crippen molar-refractivity contribution in [3.8, 4) is 22.9 Å². The van der Waals surface area contributed by atoms with Crippen LogP contribution in [0.4, 0.5) is 0 Å². The summed E-state index contributed by atoms with van der Waals surface area (Å²) in [6.07, 6.45) is 0. The summed E-state index contributed by atoms with van der Waals surface area (Å²) in [6, 6.07) is 3.13. The van der Waals surface area contributed by atoms with Gasteiger partial charge in [-0.1, -0.05) is 30.6 Å². The smallest absolute Gasteiger partial charge is 0.244 e. The average molecular weight is 312 g/mol. The molecule has 7 heteroatoms. The molecule has 6 nitrogen and oxygen atoms in total. The molecule has 0 aliphatic carbocycles. The third-order valence-corrected chi connectivity index (χ3v) is 3.42. The van der Waals surface area contributed by atoms with Crippen molar-refractivity contribution in [1.29, 1.82) is 0 Å². The van der Waals surface area contributed by atoms with E-state index in [1.54, 1.807) is 12.1 Å². The molecule has 0 amide bonds. The molecule has 1 atom stereocenters. The second-order valence-corrected chi connectivity index (χ2v) is 5.33. The minimum absolute atomic E-state index is 0.201. The Morgan fingerprint density at radius 3 is 2.52 bits per heavy atom. The summed E-state index contributed by atoms with van der Waals surface area (Å²) >= 11 is 6.17. The highest BCUT2D eigenvalue weighted by Gasteiger charge is 2.20. The van der Waals surface area contributed by atoms with E-state index in [9.17, 15) is 0 Å². The number of nitrogens with zero attached hydrogens (tertiary/aromatic N) is 2. The van der Waals surface area contributed by atoms with E-state index in [2.05, 4.69) is 10.1 Å². The number of rotatable bonds is 5. The molecule has 0 saturated heterocycles. The second-order valence-electron chi connectivity index (χ2n) is 4.92. The molecule has 0 saturated carbocycles. The van der Waals surface area contributed by atoms with E-state index >= 15 is 0 Å². The minimum Gasteiger partial charge on any atom is -0.493 e. The molecule has 1 heterocycles. The van der Waals surface area contributed by atoms with E-state index in [-0.39, 0.29) is 12.0 Å². The van der Waals surface area contributed by atoms with Crippen molar-refractivity contribution in [3.63, 3.8) is 0 Å². The van der Waals surface area contributed by atoms with Crippen LogP contribution in [0.1, 0.15) is 25.8 Å². The summed E-state index contributed by atoms with van der Waals surface area (Å²) in [5, 5.41) is 4.35. The number of ether oxygens (including phenoxy) is 2. The van der Waals surface area contributed by atoms with Crippen LogP contribution in [-0.4, -0.2) is 24.4 Å². The van der Waals surface area contributed by atoms with Crippen molar-refractivity contribution >= 4 is 11.6 Å². The van der Waals surface area contributed by atoms with Crippen molar-refractivity contribution in [3.05, 3.63) is 23.0 Å². The fourth-order valence-electron chi connectivity index (χ4n) is 1.82. The maximum absolute atomic E-state index is 6.17. The third kappa shape index (κ3) is 3.11. The van der Waals surface area contributed by atoms with Gasteiger partial charge in [-0.2, -0.15) is 4.98 Å². The van der Waals surface area contributed by atoms with Crippen molar-refractivity contribution in [2.45, 2.75) is 19.9 Å². The Labute approximate surface area is 128 Å². The van der Waals surface area contributed by atoms with Gasteiger partial charge < -0.3 is 19.7 Å². The number of methoxy groups -OCH3 is 2. The van der Waals surface area contributed by atoms with Gasteiger partial charge in [-0.15, -0.1) is 0 Å². The SMILES string of the molecule is COc1cc(-c2noc(C(N)C(C)C)n2)cc(Cl)c1OC. The zero-order valence-corrected chi connectivity index (χ0v) is 13.1. The molecule has 0 aliphatic heterocycles. The number of hydrogen-bond donors (Lipinski definition) is 1. The average Bonchev–Trinajstić information content (AvgIpc) is 2.95. The van der Waals surface area contributed by atoms with Crippen LogP contribution in [0.25, 0.3) is 11.4 Å². The maximum Gasteiger partial charge on any atom is 0.244 e. The zero-order chi connectivity index (χ0) is 15.6. The van der Waals surface area contributed by atoms with Gasteiger partial charge in [0, 0.05) is 5.56 Å². The maximum atomic E-state index is 6.17. The lowest BCUT2D eigenvalue weighted by Crippen LogP contribution is -2.16. The van der Waals surface area contributed by atoms with Gasteiger partial charge in [0.15, 0.2) is 11.5 Å². The predicted octanol–water partition coefficient (Wildman–Crippen LogP) is 3.06. The summed E-state index contributed by atoms with van der Waals surface area (Å²) in [4.78, 5) is 4.32. The molecule has 0 fully saturated rings. The Balaban J connectivity index is 2.41. The van der Waals surface area contributed by atoms with E-state index < -0.39 is 0 Å². The molecule has 21 heavy (non-hydrogen) atoms. The Morgan fingerprint density at radius 2 is 1.95 bits per heavy atom. The van der Waals surface area contributed by atoms with Crippen LogP contribution in [0, 0.1) is 5.92 Å². The second kappa shape index (κ2) is 6.32. The Morgan fingerprint density at radius 1 is 1.24 bits per heavy atom. The number of nitrogens with two attached hydrogens (primary N) is 1. The van der Waals surface area contributed by atoms with Crippen LogP contribution >= 0.6 is 11.6 Å². The van der Waals surface area contributed by atoms with Crippen LogP contribution in [-0.2, 0) is 0 Å². The number of benzene rings is 1. The molecule has 1 aromatic heterocycles. The van der Waals surface area contributed by atoms with E-state index in [0.717, 1.165) is 0 Å². The first-order valence-corrected chi connectivity index (χ1v) is 6.86. The number of aromatic nitrogens is 2. The van der Waals surface area contributed by atoms with Crippen LogP contribution < -0.4 is 15.2 Å². The van der Waals surface area contributed by atoms with Crippen molar-refractivity contribution in [2.24, 2.45) is 11.7 Å². The molecule has 0 radical (unpaired) electrons. The van der Waals surface area contributed by atoms with E-state index in [0.29, 0.717) is 33.8 Å². The molecular formula is C14H18ClN3O3. The van der Waals surface area contributed by atoms with Crippen LogP contribution in [0.3, 0.4) is 0 Å². The molecule has 2 aromatic rings. The summed E-state index contributed by atoms with van der Waals surface area (Å²) in [7, 11) is 3.06. The predicted molar refractivity (Wildman–Crippen MR) is 79.6 cm³/mol. The fourth-order valence-corrected chi connectivity index (χ4v) is 2.11. The quantitative estimate of drug-likeness (QED) is 0.913. The van der Waals surface area contributed by atoms with Gasteiger partial charge in [-0.25, -0.2) is 0 Å². The van der Waals surface area contributed by atoms with Gasteiger partial charge in [0.25, 0.3) is 0 Å². The first kappa shape index (κ1) is 15.6. The molecule has 1 aromatic carbocycles. The largest absolute Gasteiger partial charge is 0.493 e. The van der Waals surface area contributed by atoms with E-state index in [1.165, 1.54) is 14.2 Å². The van der Waals surface area contributed by atoms with Gasteiger partial charge >= 0.3 is 0 Å². The topological polar surface area (TPSA) is 83.4 Å². The van der Waals surface area contributed by atoms with Crippen LogP contribution in [0.5, 0.6) is 11.5 Å². The third-order valence-electron chi connectivity index (χ3n) is 3.14. The van der Waals surface area contributed by atoms with Gasteiger partial charge in [-0.05, 0) is 18.1 Å². The first-order chi connectivity index (χ1) is 9.97. The van der Waals surface area contributed by atoms with E-state index in [4.69, 9.17) is 31.3 Å². The first-order valence-electron chi connectivity index (χ1n) is 6.49. The Kier molecular flexibility index (Phi) is 4.69. The van der Waals surface area contributed by atoms with Crippen LogP contribution in [0.15, 0.2) is 16.7 Å². The Hall–Kier alpha value is -1.79. The molecular weight excluding hydrogens is 294 g/mol. The molecule has 0 bridgehead atoms.